The normalized spacial score (nSPS) is 12.7. The fourth-order valence-electron chi connectivity index (χ4n) is 2.81. The molecule has 0 spiro atoms. The van der Waals surface area contributed by atoms with E-state index in [0.717, 1.165) is 22.0 Å². The van der Waals surface area contributed by atoms with Gasteiger partial charge in [-0.05, 0) is 57.0 Å². The lowest BCUT2D eigenvalue weighted by Gasteiger charge is -2.29. The maximum Gasteiger partial charge on any atom is 0.261 e. The van der Waals surface area contributed by atoms with E-state index >= 15 is 0 Å². The number of aryl methyl sites for hydroxylation is 1. The highest BCUT2D eigenvalue weighted by atomic mass is 79.9. The fourth-order valence-corrected chi connectivity index (χ4v) is 3.08. The fraction of sp³-hybridized carbons (Fsp3) is 0.391. The van der Waals surface area contributed by atoms with Crippen LogP contribution in [0.5, 0.6) is 5.75 Å². The molecule has 0 aromatic heterocycles. The number of halogens is 1. The minimum Gasteiger partial charge on any atom is -0.484 e. The Morgan fingerprint density at radius 1 is 1.14 bits per heavy atom. The van der Waals surface area contributed by atoms with Crippen LogP contribution in [0.1, 0.15) is 38.3 Å². The van der Waals surface area contributed by atoms with Crippen LogP contribution in [0.25, 0.3) is 0 Å². The topological polar surface area (TPSA) is 58.6 Å². The minimum absolute atomic E-state index is 0.0555. The second-order valence-electron chi connectivity index (χ2n) is 7.25. The summed E-state index contributed by atoms with van der Waals surface area (Å²) in [5.41, 5.74) is 2.09. The molecular formula is C23H29BrN2O3. The standard InChI is InChI=1S/C23H29BrN2O3/c1-5-17(3)25-23(28)18(4)26(14-19-8-6-7-16(2)13-19)22(27)15-29-21-11-9-20(24)10-12-21/h6-13,17-18H,5,14-15H2,1-4H3,(H,25,28)/t17-,18-/m0/s1. The minimum atomic E-state index is -0.606. The van der Waals surface area contributed by atoms with E-state index in [1.807, 2.05) is 57.2 Å². The highest BCUT2D eigenvalue weighted by Crippen LogP contribution is 2.17. The summed E-state index contributed by atoms with van der Waals surface area (Å²) in [6.45, 7) is 7.94. The molecule has 0 saturated carbocycles. The molecule has 6 heteroatoms. The first-order valence-electron chi connectivity index (χ1n) is 9.84. The molecule has 0 aliphatic rings. The Labute approximate surface area is 181 Å². The van der Waals surface area contributed by atoms with Gasteiger partial charge in [-0.2, -0.15) is 0 Å². The molecule has 2 rings (SSSR count). The van der Waals surface area contributed by atoms with E-state index in [2.05, 4.69) is 21.2 Å². The van der Waals surface area contributed by atoms with Crippen LogP contribution >= 0.6 is 15.9 Å². The van der Waals surface area contributed by atoms with Gasteiger partial charge in [-0.3, -0.25) is 9.59 Å². The number of hydrogen-bond acceptors (Lipinski definition) is 3. The molecule has 156 valence electrons. The van der Waals surface area contributed by atoms with Crippen LogP contribution in [0.4, 0.5) is 0 Å². The smallest absolute Gasteiger partial charge is 0.261 e. The number of carbonyl (C=O) groups is 2. The summed E-state index contributed by atoms with van der Waals surface area (Å²) in [4.78, 5) is 27.2. The highest BCUT2D eigenvalue weighted by Gasteiger charge is 2.27. The van der Waals surface area contributed by atoms with Gasteiger partial charge in [-0.1, -0.05) is 52.7 Å². The van der Waals surface area contributed by atoms with Crippen LogP contribution in [0.2, 0.25) is 0 Å². The van der Waals surface area contributed by atoms with Crippen molar-refractivity contribution in [3.8, 4) is 5.75 Å². The van der Waals surface area contributed by atoms with Crippen molar-refractivity contribution in [2.75, 3.05) is 6.61 Å². The highest BCUT2D eigenvalue weighted by molar-refractivity contribution is 9.10. The average molecular weight is 461 g/mol. The molecule has 0 fully saturated rings. The zero-order valence-electron chi connectivity index (χ0n) is 17.4. The van der Waals surface area contributed by atoms with Crippen molar-refractivity contribution in [3.63, 3.8) is 0 Å². The van der Waals surface area contributed by atoms with E-state index < -0.39 is 6.04 Å². The largest absolute Gasteiger partial charge is 0.484 e. The van der Waals surface area contributed by atoms with Gasteiger partial charge in [0.25, 0.3) is 5.91 Å². The van der Waals surface area contributed by atoms with Gasteiger partial charge in [-0.25, -0.2) is 0 Å². The summed E-state index contributed by atoms with van der Waals surface area (Å²) < 4.78 is 6.59. The maximum absolute atomic E-state index is 13.0. The maximum atomic E-state index is 13.0. The van der Waals surface area contributed by atoms with Crippen molar-refractivity contribution in [1.29, 1.82) is 0 Å². The molecule has 0 saturated heterocycles. The molecule has 29 heavy (non-hydrogen) atoms. The van der Waals surface area contributed by atoms with E-state index in [-0.39, 0.29) is 24.5 Å². The lowest BCUT2D eigenvalue weighted by molar-refractivity contribution is -0.142. The summed E-state index contributed by atoms with van der Waals surface area (Å²) >= 11 is 3.38. The lowest BCUT2D eigenvalue weighted by Crippen LogP contribution is -2.50. The zero-order chi connectivity index (χ0) is 21.4. The number of nitrogens with one attached hydrogen (secondary N) is 1. The first kappa shape index (κ1) is 22.9. The monoisotopic (exact) mass is 460 g/mol. The molecule has 2 aromatic carbocycles. The first-order chi connectivity index (χ1) is 13.8. The molecule has 0 aliphatic carbocycles. The number of benzene rings is 2. The summed E-state index contributed by atoms with van der Waals surface area (Å²) in [5, 5.41) is 2.96. The molecule has 0 heterocycles. The predicted octanol–water partition coefficient (Wildman–Crippen LogP) is 4.47. The lowest BCUT2D eigenvalue weighted by atomic mass is 10.1. The van der Waals surface area contributed by atoms with Crippen molar-refractivity contribution in [2.24, 2.45) is 0 Å². The molecule has 0 radical (unpaired) electrons. The molecule has 1 N–H and O–H groups in total. The second kappa shape index (κ2) is 11.0. The van der Waals surface area contributed by atoms with E-state index in [1.165, 1.54) is 0 Å². The quantitative estimate of drug-likeness (QED) is 0.600. The molecule has 0 aliphatic heterocycles. The van der Waals surface area contributed by atoms with E-state index in [0.29, 0.717) is 12.3 Å². The SMILES string of the molecule is CC[C@H](C)NC(=O)[C@H](C)N(Cc1cccc(C)c1)C(=O)COc1ccc(Br)cc1. The Morgan fingerprint density at radius 2 is 1.83 bits per heavy atom. The van der Waals surface area contributed by atoms with Crippen molar-refractivity contribution in [3.05, 3.63) is 64.1 Å². The van der Waals surface area contributed by atoms with Gasteiger partial charge in [0.05, 0.1) is 0 Å². The Kier molecular flexibility index (Phi) is 8.70. The first-order valence-corrected chi connectivity index (χ1v) is 10.6. The number of amides is 2. The van der Waals surface area contributed by atoms with Crippen molar-refractivity contribution in [2.45, 2.75) is 52.7 Å². The van der Waals surface area contributed by atoms with E-state index in [9.17, 15) is 9.59 Å². The summed E-state index contributed by atoms with van der Waals surface area (Å²) in [7, 11) is 0. The van der Waals surface area contributed by atoms with Crippen molar-refractivity contribution >= 4 is 27.7 Å². The number of carbonyl (C=O) groups excluding carboxylic acids is 2. The Hall–Kier alpha value is -2.34. The Bertz CT molecular complexity index is 823. The predicted molar refractivity (Wildman–Crippen MR) is 119 cm³/mol. The number of hydrogen-bond donors (Lipinski definition) is 1. The zero-order valence-corrected chi connectivity index (χ0v) is 19.0. The third kappa shape index (κ3) is 7.20. The molecule has 2 atom stereocenters. The molecule has 2 amide bonds. The van der Waals surface area contributed by atoms with E-state index in [1.54, 1.807) is 24.0 Å². The molecular weight excluding hydrogens is 432 g/mol. The third-order valence-corrected chi connectivity index (χ3v) is 5.31. The Balaban J connectivity index is 2.14. The molecule has 0 bridgehead atoms. The van der Waals surface area contributed by atoms with Gasteiger partial charge < -0.3 is 15.0 Å². The van der Waals surface area contributed by atoms with Gasteiger partial charge in [0.15, 0.2) is 6.61 Å². The summed E-state index contributed by atoms with van der Waals surface area (Å²) in [6, 6.07) is 14.7. The van der Waals surface area contributed by atoms with Crippen LogP contribution in [0, 0.1) is 6.92 Å². The number of rotatable bonds is 9. The van der Waals surface area contributed by atoms with E-state index in [4.69, 9.17) is 4.74 Å². The summed E-state index contributed by atoms with van der Waals surface area (Å²) in [6.07, 6.45) is 0.830. The van der Waals surface area contributed by atoms with Crippen LogP contribution in [0.3, 0.4) is 0 Å². The van der Waals surface area contributed by atoms with Gasteiger partial charge in [0, 0.05) is 17.1 Å². The van der Waals surface area contributed by atoms with Gasteiger partial charge in [0.2, 0.25) is 5.91 Å². The summed E-state index contributed by atoms with van der Waals surface area (Å²) in [5.74, 6) is 0.207. The van der Waals surface area contributed by atoms with Crippen LogP contribution < -0.4 is 10.1 Å². The van der Waals surface area contributed by atoms with Crippen molar-refractivity contribution in [1.82, 2.24) is 10.2 Å². The van der Waals surface area contributed by atoms with Crippen LogP contribution in [-0.4, -0.2) is 35.4 Å². The van der Waals surface area contributed by atoms with Crippen molar-refractivity contribution < 1.29 is 14.3 Å². The van der Waals surface area contributed by atoms with Gasteiger partial charge >= 0.3 is 0 Å². The molecule has 2 aromatic rings. The molecule has 5 nitrogen and oxygen atoms in total. The molecule has 0 unspecified atom stereocenters. The van der Waals surface area contributed by atoms with Gasteiger partial charge in [-0.15, -0.1) is 0 Å². The third-order valence-electron chi connectivity index (χ3n) is 4.78. The van der Waals surface area contributed by atoms with Crippen LogP contribution in [-0.2, 0) is 16.1 Å². The number of nitrogens with zero attached hydrogens (tertiary/aromatic N) is 1. The second-order valence-corrected chi connectivity index (χ2v) is 8.16. The van der Waals surface area contributed by atoms with Gasteiger partial charge in [0.1, 0.15) is 11.8 Å². The van der Waals surface area contributed by atoms with Crippen LogP contribution in [0.15, 0.2) is 53.0 Å². The average Bonchev–Trinajstić information content (AvgIpc) is 2.70. The number of ether oxygens (including phenoxy) is 1. The Morgan fingerprint density at radius 3 is 2.45 bits per heavy atom.